The van der Waals surface area contributed by atoms with Crippen LogP contribution in [0.4, 0.5) is 0 Å². The molecule has 0 amide bonds. The first-order valence-electron chi connectivity index (χ1n) is 9.41. The van der Waals surface area contributed by atoms with Crippen molar-refractivity contribution in [3.05, 3.63) is 0 Å². The van der Waals surface area contributed by atoms with E-state index < -0.39 is 0 Å². The van der Waals surface area contributed by atoms with E-state index in [1.165, 1.54) is 64.7 Å². The van der Waals surface area contributed by atoms with Gasteiger partial charge in [0.1, 0.15) is 0 Å². The van der Waals surface area contributed by atoms with E-state index in [1.807, 2.05) is 6.92 Å². The van der Waals surface area contributed by atoms with Crippen molar-refractivity contribution in [1.29, 1.82) is 0 Å². The average Bonchev–Trinajstić information content (AvgIpc) is 2.81. The molecule has 0 unspecified atom stereocenters. The maximum Gasteiger partial charge on any atom is 0.305 e. The molecule has 0 aromatic heterocycles. The van der Waals surface area contributed by atoms with Crippen molar-refractivity contribution in [3.8, 4) is 0 Å². The third-order valence-corrected chi connectivity index (χ3v) is 5.05. The predicted molar refractivity (Wildman–Crippen MR) is 90.0 cm³/mol. The lowest BCUT2D eigenvalue weighted by Crippen LogP contribution is -2.48. The molecule has 2 aliphatic heterocycles. The number of hydrogen-bond acceptors (Lipinski definition) is 4. The van der Waals surface area contributed by atoms with Gasteiger partial charge in [-0.2, -0.15) is 0 Å². The molecule has 1 atom stereocenters. The fraction of sp³-hybridized carbons (Fsp3) is 0.944. The molecule has 0 N–H and O–H groups in total. The van der Waals surface area contributed by atoms with Crippen molar-refractivity contribution < 1.29 is 9.53 Å². The van der Waals surface area contributed by atoms with Crippen molar-refractivity contribution >= 4 is 5.97 Å². The molecule has 0 aromatic carbocycles. The van der Waals surface area contributed by atoms with Crippen LogP contribution >= 0.6 is 0 Å². The van der Waals surface area contributed by atoms with Crippen LogP contribution in [-0.4, -0.2) is 61.1 Å². The van der Waals surface area contributed by atoms with Crippen molar-refractivity contribution in [2.24, 2.45) is 0 Å². The SMILES string of the molecule is CCOC(=O)CCCCN1CCC[C@@H](N2CCCCCC2)C1. The predicted octanol–water partition coefficient (Wildman–Crippen LogP) is 3.06. The van der Waals surface area contributed by atoms with Gasteiger partial charge < -0.3 is 9.64 Å². The normalized spacial score (nSPS) is 24.9. The summed E-state index contributed by atoms with van der Waals surface area (Å²) >= 11 is 0. The summed E-state index contributed by atoms with van der Waals surface area (Å²) in [6.45, 7) is 8.60. The summed E-state index contributed by atoms with van der Waals surface area (Å²) in [5, 5.41) is 0. The van der Waals surface area contributed by atoms with Gasteiger partial charge in [-0.15, -0.1) is 0 Å². The van der Waals surface area contributed by atoms with Crippen LogP contribution in [0.15, 0.2) is 0 Å². The van der Waals surface area contributed by atoms with Crippen molar-refractivity contribution in [2.75, 3.05) is 39.3 Å². The molecule has 0 spiro atoms. The highest BCUT2D eigenvalue weighted by atomic mass is 16.5. The number of hydrogen-bond donors (Lipinski definition) is 0. The summed E-state index contributed by atoms with van der Waals surface area (Å²) in [6.07, 6.45) is 11.0. The van der Waals surface area contributed by atoms with Gasteiger partial charge in [-0.05, 0) is 71.6 Å². The lowest BCUT2D eigenvalue weighted by Gasteiger charge is -2.39. The van der Waals surface area contributed by atoms with Gasteiger partial charge in [0.2, 0.25) is 0 Å². The average molecular weight is 310 g/mol. The number of carbonyl (C=O) groups is 1. The van der Waals surface area contributed by atoms with Gasteiger partial charge >= 0.3 is 5.97 Å². The maximum atomic E-state index is 11.3. The zero-order valence-corrected chi connectivity index (χ0v) is 14.4. The highest BCUT2D eigenvalue weighted by Gasteiger charge is 2.25. The van der Waals surface area contributed by atoms with Gasteiger partial charge in [-0.25, -0.2) is 0 Å². The molecule has 2 saturated heterocycles. The second kappa shape index (κ2) is 10.2. The monoisotopic (exact) mass is 310 g/mol. The van der Waals surface area contributed by atoms with E-state index in [2.05, 4.69) is 9.80 Å². The van der Waals surface area contributed by atoms with Crippen LogP contribution in [0.25, 0.3) is 0 Å². The third kappa shape index (κ3) is 6.25. The molecular formula is C18H34N2O2. The molecule has 22 heavy (non-hydrogen) atoms. The van der Waals surface area contributed by atoms with Gasteiger partial charge in [-0.3, -0.25) is 9.69 Å². The Balaban J connectivity index is 1.63. The second-order valence-electron chi connectivity index (χ2n) is 6.81. The number of likely N-dealkylation sites (tertiary alicyclic amines) is 2. The largest absolute Gasteiger partial charge is 0.466 e. The lowest BCUT2D eigenvalue weighted by atomic mass is 10.0. The van der Waals surface area contributed by atoms with Crippen LogP contribution in [0.3, 0.4) is 0 Å². The quantitative estimate of drug-likeness (QED) is 0.534. The smallest absolute Gasteiger partial charge is 0.305 e. The summed E-state index contributed by atoms with van der Waals surface area (Å²) in [4.78, 5) is 16.7. The van der Waals surface area contributed by atoms with Crippen LogP contribution in [0.1, 0.15) is 64.7 Å². The number of carbonyl (C=O) groups excluding carboxylic acids is 1. The fourth-order valence-electron chi connectivity index (χ4n) is 3.83. The van der Waals surface area contributed by atoms with Crippen molar-refractivity contribution in [2.45, 2.75) is 70.8 Å². The van der Waals surface area contributed by atoms with E-state index >= 15 is 0 Å². The summed E-state index contributed by atoms with van der Waals surface area (Å²) in [5.74, 6) is -0.0383. The van der Waals surface area contributed by atoms with Gasteiger partial charge in [0.15, 0.2) is 0 Å². The highest BCUT2D eigenvalue weighted by molar-refractivity contribution is 5.69. The molecule has 0 radical (unpaired) electrons. The Morgan fingerprint density at radius 2 is 1.82 bits per heavy atom. The summed E-state index contributed by atoms with van der Waals surface area (Å²) in [7, 11) is 0. The Morgan fingerprint density at radius 3 is 2.55 bits per heavy atom. The fourth-order valence-corrected chi connectivity index (χ4v) is 3.83. The summed E-state index contributed by atoms with van der Waals surface area (Å²) in [5.41, 5.74) is 0. The molecule has 2 aliphatic rings. The molecular weight excluding hydrogens is 276 g/mol. The molecule has 0 aliphatic carbocycles. The molecule has 0 bridgehead atoms. The minimum atomic E-state index is -0.0383. The zero-order valence-electron chi connectivity index (χ0n) is 14.4. The first-order chi connectivity index (χ1) is 10.8. The Kier molecular flexibility index (Phi) is 8.24. The van der Waals surface area contributed by atoms with E-state index in [1.54, 1.807) is 0 Å². The van der Waals surface area contributed by atoms with E-state index in [4.69, 9.17) is 4.74 Å². The molecule has 4 heteroatoms. The number of esters is 1. The topological polar surface area (TPSA) is 32.8 Å². The van der Waals surface area contributed by atoms with Crippen LogP contribution in [0.5, 0.6) is 0 Å². The number of unbranched alkanes of at least 4 members (excludes halogenated alkanes) is 1. The maximum absolute atomic E-state index is 11.3. The van der Waals surface area contributed by atoms with Gasteiger partial charge in [0.25, 0.3) is 0 Å². The molecule has 2 heterocycles. The standard InChI is InChI=1S/C18H34N2O2/c1-2-22-18(21)11-5-8-12-19-13-9-10-17(16-19)20-14-6-3-4-7-15-20/h17H,2-16H2,1H3/t17-/m1/s1. The Labute approximate surface area is 136 Å². The second-order valence-corrected chi connectivity index (χ2v) is 6.81. The molecule has 2 rings (SSSR count). The minimum Gasteiger partial charge on any atom is -0.466 e. The number of ether oxygens (including phenoxy) is 1. The van der Waals surface area contributed by atoms with E-state index in [0.717, 1.165) is 25.4 Å². The van der Waals surface area contributed by atoms with Crippen LogP contribution in [0.2, 0.25) is 0 Å². The molecule has 2 fully saturated rings. The molecule has 0 aromatic rings. The molecule has 0 saturated carbocycles. The van der Waals surface area contributed by atoms with E-state index in [9.17, 15) is 4.79 Å². The van der Waals surface area contributed by atoms with Crippen LogP contribution < -0.4 is 0 Å². The lowest BCUT2D eigenvalue weighted by molar-refractivity contribution is -0.143. The number of piperidine rings is 1. The summed E-state index contributed by atoms with van der Waals surface area (Å²) in [6, 6.07) is 0.775. The Bertz CT molecular complexity index is 314. The molecule has 4 nitrogen and oxygen atoms in total. The number of nitrogens with zero attached hydrogens (tertiary/aromatic N) is 2. The van der Waals surface area contributed by atoms with Crippen LogP contribution in [0, 0.1) is 0 Å². The summed E-state index contributed by atoms with van der Waals surface area (Å²) < 4.78 is 4.98. The van der Waals surface area contributed by atoms with Gasteiger partial charge in [-0.1, -0.05) is 12.8 Å². The van der Waals surface area contributed by atoms with E-state index in [-0.39, 0.29) is 5.97 Å². The third-order valence-electron chi connectivity index (χ3n) is 5.05. The van der Waals surface area contributed by atoms with Gasteiger partial charge in [0, 0.05) is 19.0 Å². The van der Waals surface area contributed by atoms with Crippen LogP contribution in [-0.2, 0) is 9.53 Å². The highest BCUT2D eigenvalue weighted by Crippen LogP contribution is 2.20. The van der Waals surface area contributed by atoms with Crippen molar-refractivity contribution in [3.63, 3.8) is 0 Å². The zero-order chi connectivity index (χ0) is 15.6. The Hall–Kier alpha value is -0.610. The van der Waals surface area contributed by atoms with Gasteiger partial charge in [0.05, 0.1) is 6.61 Å². The molecule has 128 valence electrons. The first kappa shape index (κ1) is 17.7. The number of rotatable bonds is 7. The van der Waals surface area contributed by atoms with E-state index in [0.29, 0.717) is 13.0 Å². The minimum absolute atomic E-state index is 0.0383. The Morgan fingerprint density at radius 1 is 1.05 bits per heavy atom. The van der Waals surface area contributed by atoms with Crippen molar-refractivity contribution in [1.82, 2.24) is 9.80 Å². The first-order valence-corrected chi connectivity index (χ1v) is 9.41.